The van der Waals surface area contributed by atoms with Crippen LogP contribution < -0.4 is 10.6 Å². The summed E-state index contributed by atoms with van der Waals surface area (Å²) in [5, 5.41) is 7.88. The number of rotatable bonds is 1. The first-order chi connectivity index (χ1) is 19.5. The summed E-state index contributed by atoms with van der Waals surface area (Å²) < 4.78 is 0.958. The highest BCUT2D eigenvalue weighted by atomic mass is 79.9. The number of carbonyl (C=O) groups excluding carboxylic acids is 2. The lowest BCUT2D eigenvalue weighted by molar-refractivity contribution is 0.0941. The fourth-order valence-electron chi connectivity index (χ4n) is 5.24. The molecule has 0 aliphatic carbocycles. The number of halogens is 1. The van der Waals surface area contributed by atoms with Gasteiger partial charge < -0.3 is 20.6 Å². The molecule has 0 bridgehead atoms. The molecule has 0 unspecified atom stereocenters. The average molecular weight is 592 g/mol. The van der Waals surface area contributed by atoms with Gasteiger partial charge in [0.25, 0.3) is 11.8 Å². The van der Waals surface area contributed by atoms with E-state index in [-0.39, 0.29) is 11.8 Å². The van der Waals surface area contributed by atoms with Crippen molar-refractivity contribution in [2.75, 3.05) is 0 Å². The number of nitrogens with one attached hydrogen (secondary N) is 4. The predicted molar refractivity (Wildman–Crippen MR) is 163 cm³/mol. The van der Waals surface area contributed by atoms with E-state index in [9.17, 15) is 9.59 Å². The fourth-order valence-corrected chi connectivity index (χ4v) is 5.79. The number of hydrogen-bond acceptors (Lipinski definition) is 2. The summed E-state index contributed by atoms with van der Waals surface area (Å²) in [7, 11) is 0. The van der Waals surface area contributed by atoms with Gasteiger partial charge in [0, 0.05) is 57.1 Å². The molecule has 0 spiro atoms. The SMILES string of the molecule is Cc1ccccc1.O=C1NCc2c(-c3ccccc3)[nH]c3cccc1c23.O=C1NCc2c(Br)[nH]c3cccc1c23. The summed E-state index contributed by atoms with van der Waals surface area (Å²) >= 11 is 3.45. The molecule has 2 aliphatic heterocycles. The van der Waals surface area contributed by atoms with E-state index in [2.05, 4.69) is 67.7 Å². The van der Waals surface area contributed by atoms with Gasteiger partial charge in [-0.15, -0.1) is 0 Å². The smallest absolute Gasteiger partial charge is 0.252 e. The van der Waals surface area contributed by atoms with Crippen molar-refractivity contribution in [3.8, 4) is 11.3 Å². The zero-order valence-electron chi connectivity index (χ0n) is 21.8. The normalized spacial score (nSPS) is 13.1. The molecule has 0 saturated carbocycles. The highest BCUT2D eigenvalue weighted by Gasteiger charge is 2.24. The van der Waals surface area contributed by atoms with E-state index < -0.39 is 0 Å². The second-order valence-electron chi connectivity index (χ2n) is 9.74. The van der Waals surface area contributed by atoms with E-state index in [4.69, 9.17) is 0 Å². The Balaban J connectivity index is 0.000000121. The van der Waals surface area contributed by atoms with Crippen LogP contribution in [-0.4, -0.2) is 21.8 Å². The lowest BCUT2D eigenvalue weighted by Gasteiger charge is -2.14. The van der Waals surface area contributed by atoms with Crippen LogP contribution in [0.15, 0.2) is 102 Å². The van der Waals surface area contributed by atoms with E-state index in [0.29, 0.717) is 13.1 Å². The molecule has 8 rings (SSSR count). The van der Waals surface area contributed by atoms with Crippen LogP contribution >= 0.6 is 15.9 Å². The van der Waals surface area contributed by atoms with Crippen molar-refractivity contribution in [1.29, 1.82) is 0 Å². The second kappa shape index (κ2) is 10.9. The molecule has 6 nitrogen and oxygen atoms in total. The van der Waals surface area contributed by atoms with Crippen LogP contribution in [0.3, 0.4) is 0 Å². The summed E-state index contributed by atoms with van der Waals surface area (Å²) in [6, 6.07) is 32.0. The fraction of sp³-hybridized carbons (Fsp3) is 0.0909. The molecule has 40 heavy (non-hydrogen) atoms. The topological polar surface area (TPSA) is 89.8 Å². The number of benzene rings is 4. The summed E-state index contributed by atoms with van der Waals surface area (Å²) in [5.74, 6) is 0.0197. The summed E-state index contributed by atoms with van der Waals surface area (Å²) in [5.41, 5.74) is 9.44. The van der Waals surface area contributed by atoms with Gasteiger partial charge in [-0.3, -0.25) is 9.59 Å². The number of aryl methyl sites for hydroxylation is 1. The number of aromatic nitrogens is 2. The van der Waals surface area contributed by atoms with Gasteiger partial charge in [-0.2, -0.15) is 0 Å². The number of hydrogen-bond donors (Lipinski definition) is 4. The minimum absolute atomic E-state index is 0.00889. The van der Waals surface area contributed by atoms with Crippen LogP contribution in [0.25, 0.3) is 33.1 Å². The van der Waals surface area contributed by atoms with Gasteiger partial charge >= 0.3 is 0 Å². The van der Waals surface area contributed by atoms with Crippen LogP contribution in [0.4, 0.5) is 0 Å². The predicted octanol–water partition coefficient (Wildman–Crippen LogP) is 7.25. The molecule has 7 heteroatoms. The largest absolute Gasteiger partial charge is 0.354 e. The first-order valence-electron chi connectivity index (χ1n) is 13.1. The molecule has 0 saturated heterocycles. The zero-order valence-corrected chi connectivity index (χ0v) is 23.4. The van der Waals surface area contributed by atoms with Crippen LogP contribution in [0, 0.1) is 6.92 Å². The molecule has 0 atom stereocenters. The van der Waals surface area contributed by atoms with E-state index in [1.807, 2.05) is 72.8 Å². The van der Waals surface area contributed by atoms with Gasteiger partial charge in [0.2, 0.25) is 0 Å². The summed E-state index contributed by atoms with van der Waals surface area (Å²) in [6.45, 7) is 3.26. The van der Waals surface area contributed by atoms with Gasteiger partial charge in [0.15, 0.2) is 0 Å². The van der Waals surface area contributed by atoms with E-state index in [0.717, 1.165) is 54.4 Å². The van der Waals surface area contributed by atoms with E-state index in [1.165, 1.54) is 11.1 Å². The third-order valence-corrected chi connectivity index (χ3v) is 7.82. The summed E-state index contributed by atoms with van der Waals surface area (Å²) in [6.07, 6.45) is 0. The Bertz CT molecular complexity index is 1860. The van der Waals surface area contributed by atoms with Crippen molar-refractivity contribution in [2.45, 2.75) is 20.0 Å². The molecule has 2 aliphatic rings. The van der Waals surface area contributed by atoms with Crippen molar-refractivity contribution < 1.29 is 9.59 Å². The lowest BCUT2D eigenvalue weighted by Crippen LogP contribution is -2.26. The molecule has 2 aromatic heterocycles. The first kappa shape index (κ1) is 25.6. The Labute approximate surface area is 239 Å². The van der Waals surface area contributed by atoms with E-state index in [1.54, 1.807) is 0 Å². The van der Waals surface area contributed by atoms with Gasteiger partial charge in [0.1, 0.15) is 0 Å². The highest BCUT2D eigenvalue weighted by Crippen LogP contribution is 2.34. The van der Waals surface area contributed by atoms with E-state index >= 15 is 0 Å². The molecule has 0 radical (unpaired) electrons. The van der Waals surface area contributed by atoms with Gasteiger partial charge in [-0.1, -0.05) is 78.4 Å². The Hall–Kier alpha value is -4.62. The van der Waals surface area contributed by atoms with Gasteiger partial charge in [-0.25, -0.2) is 0 Å². The van der Waals surface area contributed by atoms with Crippen molar-refractivity contribution in [3.05, 3.63) is 129 Å². The molecular formula is C33H27BrN4O2. The molecule has 4 aromatic carbocycles. The Morgan fingerprint density at radius 2 is 1.12 bits per heavy atom. The Morgan fingerprint density at radius 1 is 0.600 bits per heavy atom. The molecule has 6 aromatic rings. The molecule has 4 heterocycles. The van der Waals surface area contributed by atoms with Crippen molar-refractivity contribution in [3.63, 3.8) is 0 Å². The maximum Gasteiger partial charge on any atom is 0.252 e. The lowest BCUT2D eigenvalue weighted by atomic mass is 9.98. The Morgan fingerprint density at radius 3 is 1.70 bits per heavy atom. The number of H-pyrrole nitrogens is 2. The molecule has 2 amide bonds. The summed E-state index contributed by atoms with van der Waals surface area (Å²) in [4.78, 5) is 30.1. The van der Waals surface area contributed by atoms with Crippen molar-refractivity contribution >= 4 is 49.6 Å². The maximum atomic E-state index is 11.9. The van der Waals surface area contributed by atoms with Crippen LogP contribution in [0.1, 0.15) is 37.4 Å². The number of carbonyl (C=O) groups is 2. The van der Waals surface area contributed by atoms with Gasteiger partial charge in [-0.05, 0) is 52.7 Å². The first-order valence-corrected chi connectivity index (χ1v) is 13.9. The Kier molecular flexibility index (Phi) is 6.97. The molecular weight excluding hydrogens is 564 g/mol. The molecule has 4 N–H and O–H groups in total. The third kappa shape index (κ3) is 4.80. The third-order valence-electron chi connectivity index (χ3n) is 7.15. The highest BCUT2D eigenvalue weighted by molar-refractivity contribution is 9.10. The zero-order chi connectivity index (χ0) is 27.6. The number of amides is 2. The minimum Gasteiger partial charge on any atom is -0.354 e. The van der Waals surface area contributed by atoms with Crippen LogP contribution in [-0.2, 0) is 13.1 Å². The van der Waals surface area contributed by atoms with Crippen molar-refractivity contribution in [2.24, 2.45) is 0 Å². The van der Waals surface area contributed by atoms with Crippen LogP contribution in [0.2, 0.25) is 0 Å². The number of aromatic amines is 2. The maximum absolute atomic E-state index is 11.9. The molecule has 198 valence electrons. The average Bonchev–Trinajstić information content (AvgIpc) is 3.53. The quantitative estimate of drug-likeness (QED) is 0.162. The van der Waals surface area contributed by atoms with Gasteiger partial charge in [0.05, 0.1) is 10.3 Å². The van der Waals surface area contributed by atoms with Crippen molar-refractivity contribution in [1.82, 2.24) is 20.6 Å². The molecule has 0 fully saturated rings. The standard InChI is InChI=1S/C16H12N2O.C10H7BrN2O.C7H8/c19-16-11-7-4-8-13-14(11)12(9-17-16)15(18-13)10-5-2-1-3-6-10;11-9-6-4-12-10(14)5-2-1-3-7(13-9)8(5)6;1-7-5-3-2-4-6-7/h1-8,18H,9H2,(H,17,19);1-3,13H,4H2,(H,12,14);2-6H,1H3. The minimum atomic E-state index is 0.00889. The van der Waals surface area contributed by atoms with Crippen LogP contribution in [0.5, 0.6) is 0 Å². The monoisotopic (exact) mass is 590 g/mol. The second-order valence-corrected chi connectivity index (χ2v) is 10.5.